The lowest BCUT2D eigenvalue weighted by Gasteiger charge is -2.27. The molecule has 5 heteroatoms. The summed E-state index contributed by atoms with van der Waals surface area (Å²) >= 11 is 6.26. The molecule has 1 fully saturated rings. The van der Waals surface area contributed by atoms with Gasteiger partial charge in [0.2, 0.25) is 0 Å². The lowest BCUT2D eigenvalue weighted by atomic mass is 9.91. The minimum absolute atomic E-state index is 0.115. The number of aliphatic hydroxyl groups excluding tert-OH is 1. The second-order valence-corrected chi connectivity index (χ2v) is 5.71. The van der Waals surface area contributed by atoms with Crippen LogP contribution in [0.1, 0.15) is 30.9 Å². The van der Waals surface area contributed by atoms with Crippen molar-refractivity contribution in [3.8, 4) is 11.5 Å². The molecule has 0 spiro atoms. The highest BCUT2D eigenvalue weighted by atomic mass is 35.5. The van der Waals surface area contributed by atoms with Crippen LogP contribution in [0.3, 0.4) is 0 Å². The Morgan fingerprint density at radius 1 is 1.15 bits per heavy atom. The van der Waals surface area contributed by atoms with E-state index in [0.717, 1.165) is 31.4 Å². The molecule has 20 heavy (non-hydrogen) atoms. The van der Waals surface area contributed by atoms with Crippen LogP contribution in [0.5, 0.6) is 11.5 Å². The van der Waals surface area contributed by atoms with E-state index >= 15 is 0 Å². The fourth-order valence-corrected chi connectivity index (χ4v) is 2.98. The van der Waals surface area contributed by atoms with E-state index < -0.39 is 6.10 Å². The van der Waals surface area contributed by atoms with E-state index in [9.17, 15) is 5.11 Å². The predicted molar refractivity (Wildman–Crippen MR) is 75.6 cm³/mol. The van der Waals surface area contributed by atoms with Crippen molar-refractivity contribution in [2.45, 2.75) is 25.4 Å². The van der Waals surface area contributed by atoms with Gasteiger partial charge in [-0.25, -0.2) is 0 Å². The highest BCUT2D eigenvalue weighted by Gasteiger charge is 2.26. The van der Waals surface area contributed by atoms with Gasteiger partial charge in [0.1, 0.15) is 0 Å². The number of ether oxygens (including phenoxy) is 3. The standard InChI is InChI=1S/C15H19ClO4/c16-12-7-11(14(17)10-3-1-4-18-9-10)8-13-15(12)20-6-2-5-19-13/h7-8,10,14,17H,1-6,9H2. The molecule has 0 aliphatic carbocycles. The zero-order valence-electron chi connectivity index (χ0n) is 11.3. The molecule has 1 aromatic carbocycles. The fraction of sp³-hybridized carbons (Fsp3) is 0.600. The van der Waals surface area contributed by atoms with Gasteiger partial charge in [0.05, 0.1) is 30.9 Å². The molecular formula is C15H19ClO4. The molecule has 110 valence electrons. The van der Waals surface area contributed by atoms with Crippen LogP contribution < -0.4 is 9.47 Å². The summed E-state index contributed by atoms with van der Waals surface area (Å²) in [5, 5.41) is 11.0. The molecule has 0 radical (unpaired) electrons. The van der Waals surface area contributed by atoms with Crippen LogP contribution in [0.4, 0.5) is 0 Å². The van der Waals surface area contributed by atoms with Crippen LogP contribution in [0.15, 0.2) is 12.1 Å². The maximum atomic E-state index is 10.5. The van der Waals surface area contributed by atoms with Gasteiger partial charge in [0, 0.05) is 18.9 Å². The highest BCUT2D eigenvalue weighted by molar-refractivity contribution is 6.32. The summed E-state index contributed by atoms with van der Waals surface area (Å²) in [5.41, 5.74) is 0.773. The molecule has 0 bridgehead atoms. The van der Waals surface area contributed by atoms with Gasteiger partial charge in [-0.15, -0.1) is 0 Å². The molecule has 4 nitrogen and oxygen atoms in total. The first-order valence-electron chi connectivity index (χ1n) is 7.10. The number of halogens is 1. The Kier molecular flexibility index (Phi) is 4.34. The third-order valence-electron chi connectivity index (χ3n) is 3.81. The normalized spacial score (nSPS) is 24.0. The smallest absolute Gasteiger partial charge is 0.179 e. The first-order chi connectivity index (χ1) is 9.75. The van der Waals surface area contributed by atoms with Crippen molar-refractivity contribution in [3.63, 3.8) is 0 Å². The van der Waals surface area contributed by atoms with Crippen LogP contribution in [0.25, 0.3) is 0 Å². The maximum absolute atomic E-state index is 10.5. The second kappa shape index (κ2) is 6.20. The van der Waals surface area contributed by atoms with Gasteiger partial charge in [-0.3, -0.25) is 0 Å². The van der Waals surface area contributed by atoms with Crippen LogP contribution in [0, 0.1) is 5.92 Å². The van der Waals surface area contributed by atoms with Crippen molar-refractivity contribution in [2.24, 2.45) is 5.92 Å². The molecule has 0 saturated carbocycles. The monoisotopic (exact) mass is 298 g/mol. The number of hydrogen-bond donors (Lipinski definition) is 1. The fourth-order valence-electron chi connectivity index (χ4n) is 2.71. The zero-order valence-corrected chi connectivity index (χ0v) is 12.1. The number of hydrogen-bond acceptors (Lipinski definition) is 4. The van der Waals surface area contributed by atoms with Gasteiger partial charge in [0.25, 0.3) is 0 Å². The molecule has 1 aromatic rings. The van der Waals surface area contributed by atoms with E-state index in [1.165, 1.54) is 0 Å². The van der Waals surface area contributed by atoms with Crippen molar-refractivity contribution in [2.75, 3.05) is 26.4 Å². The van der Waals surface area contributed by atoms with Crippen LogP contribution in [-0.2, 0) is 4.74 Å². The first kappa shape index (κ1) is 14.0. The van der Waals surface area contributed by atoms with E-state index in [2.05, 4.69) is 0 Å². The van der Waals surface area contributed by atoms with E-state index in [0.29, 0.717) is 36.3 Å². The number of fused-ring (bicyclic) bond motifs is 1. The van der Waals surface area contributed by atoms with Gasteiger partial charge < -0.3 is 19.3 Å². The molecule has 2 atom stereocenters. The summed E-state index contributed by atoms with van der Waals surface area (Å²) in [5.74, 6) is 1.32. The van der Waals surface area contributed by atoms with Crippen molar-refractivity contribution in [1.29, 1.82) is 0 Å². The van der Waals surface area contributed by atoms with E-state index in [1.807, 2.05) is 6.07 Å². The summed E-state index contributed by atoms with van der Waals surface area (Å²) in [6.07, 6.45) is 2.21. The lowest BCUT2D eigenvalue weighted by molar-refractivity contribution is -0.0100. The van der Waals surface area contributed by atoms with Crippen molar-refractivity contribution >= 4 is 11.6 Å². The summed E-state index contributed by atoms with van der Waals surface area (Å²) in [7, 11) is 0. The molecule has 2 aliphatic heterocycles. The van der Waals surface area contributed by atoms with Gasteiger partial charge in [-0.1, -0.05) is 11.6 Å². The van der Waals surface area contributed by atoms with Gasteiger partial charge in [-0.05, 0) is 30.5 Å². The Morgan fingerprint density at radius 3 is 2.80 bits per heavy atom. The Bertz CT molecular complexity index is 471. The summed E-state index contributed by atoms with van der Waals surface area (Å²) in [4.78, 5) is 0. The van der Waals surface area contributed by atoms with Gasteiger partial charge in [-0.2, -0.15) is 0 Å². The zero-order chi connectivity index (χ0) is 13.9. The first-order valence-corrected chi connectivity index (χ1v) is 7.48. The number of benzene rings is 1. The minimum atomic E-state index is -0.579. The average Bonchev–Trinajstić information content (AvgIpc) is 2.73. The van der Waals surface area contributed by atoms with Crippen molar-refractivity contribution in [3.05, 3.63) is 22.7 Å². The number of aliphatic hydroxyl groups is 1. The summed E-state index contributed by atoms with van der Waals surface area (Å²) in [6.45, 7) is 2.58. The van der Waals surface area contributed by atoms with E-state index in [1.54, 1.807) is 6.07 Å². The molecule has 2 unspecified atom stereocenters. The SMILES string of the molecule is OC(c1cc(Cl)c2c(c1)OCCCO2)C1CCCOC1. The maximum Gasteiger partial charge on any atom is 0.179 e. The highest BCUT2D eigenvalue weighted by Crippen LogP contribution is 2.41. The predicted octanol–water partition coefficient (Wildman–Crippen LogP) is 2.96. The Morgan fingerprint density at radius 2 is 2.00 bits per heavy atom. The second-order valence-electron chi connectivity index (χ2n) is 5.30. The van der Waals surface area contributed by atoms with Crippen LogP contribution >= 0.6 is 11.6 Å². The quantitative estimate of drug-likeness (QED) is 0.912. The Hall–Kier alpha value is -0.970. The van der Waals surface area contributed by atoms with Crippen LogP contribution in [0.2, 0.25) is 5.02 Å². The average molecular weight is 299 g/mol. The topological polar surface area (TPSA) is 47.9 Å². The van der Waals surface area contributed by atoms with Gasteiger partial charge in [0.15, 0.2) is 11.5 Å². The molecule has 0 amide bonds. The largest absolute Gasteiger partial charge is 0.489 e. The summed E-state index contributed by atoms with van der Waals surface area (Å²) in [6, 6.07) is 3.61. The summed E-state index contributed by atoms with van der Waals surface area (Å²) < 4.78 is 16.7. The molecule has 2 heterocycles. The van der Waals surface area contributed by atoms with E-state index in [4.69, 9.17) is 25.8 Å². The van der Waals surface area contributed by atoms with Crippen LogP contribution in [-0.4, -0.2) is 31.5 Å². The van der Waals surface area contributed by atoms with E-state index in [-0.39, 0.29) is 5.92 Å². The molecule has 1 saturated heterocycles. The van der Waals surface area contributed by atoms with Crippen molar-refractivity contribution in [1.82, 2.24) is 0 Å². The molecule has 2 aliphatic rings. The minimum Gasteiger partial charge on any atom is -0.489 e. The number of rotatable bonds is 2. The van der Waals surface area contributed by atoms with Gasteiger partial charge >= 0.3 is 0 Å². The Balaban J connectivity index is 1.86. The third kappa shape index (κ3) is 2.87. The van der Waals surface area contributed by atoms with Crippen molar-refractivity contribution < 1.29 is 19.3 Å². The third-order valence-corrected chi connectivity index (χ3v) is 4.09. The Labute approximate surface area is 123 Å². The molecule has 3 rings (SSSR count). The molecular weight excluding hydrogens is 280 g/mol. The molecule has 0 aromatic heterocycles. The molecule has 1 N–H and O–H groups in total. The lowest BCUT2D eigenvalue weighted by Crippen LogP contribution is -2.23.